The van der Waals surface area contributed by atoms with Crippen molar-refractivity contribution in [1.82, 2.24) is 19.5 Å². The molecule has 1 aliphatic rings. The second-order valence-electron chi connectivity index (χ2n) is 10.8. The molecule has 7 aromatic rings. The predicted molar refractivity (Wildman–Crippen MR) is 176 cm³/mol. The van der Waals surface area contributed by atoms with Crippen LogP contribution < -0.4 is 10.6 Å². The summed E-state index contributed by atoms with van der Waals surface area (Å²) in [5, 5.41) is 12.9. The summed E-state index contributed by atoms with van der Waals surface area (Å²) in [6.45, 7) is 4.60. The maximum absolute atomic E-state index is 4.78. The summed E-state index contributed by atoms with van der Waals surface area (Å²) in [4.78, 5) is 0. The van der Waals surface area contributed by atoms with Crippen molar-refractivity contribution in [3.8, 4) is 33.9 Å². The van der Waals surface area contributed by atoms with Crippen LogP contribution in [0.3, 0.4) is 0 Å². The summed E-state index contributed by atoms with van der Waals surface area (Å²) in [7, 11) is 0. The monoisotopic (exact) mass is 552 g/mol. The first-order valence-corrected chi connectivity index (χ1v) is 14.5. The van der Waals surface area contributed by atoms with E-state index in [1.54, 1.807) is 0 Å². The maximum Gasteiger partial charge on any atom is 0.183 e. The van der Waals surface area contributed by atoms with Crippen molar-refractivity contribution in [3.05, 3.63) is 162 Å². The van der Waals surface area contributed by atoms with Crippen LogP contribution in [0.5, 0.6) is 0 Å². The van der Waals surface area contributed by atoms with Gasteiger partial charge in [0.25, 0.3) is 0 Å². The normalized spacial score (nSPS) is 14.1. The van der Waals surface area contributed by atoms with Gasteiger partial charge in [-0.2, -0.15) is 0 Å². The van der Waals surface area contributed by atoms with Crippen LogP contribution in [0.1, 0.15) is 11.1 Å². The molecular weight excluding hydrogens is 524 g/mol. The molecule has 2 heterocycles. The molecular formula is C39H28N4. The van der Waals surface area contributed by atoms with Crippen LogP contribution >= 0.6 is 0 Å². The molecule has 204 valence electrons. The molecule has 2 aromatic heterocycles. The number of aromatic nitrogens is 4. The minimum Gasteiger partial charge on any atom is -0.245 e. The van der Waals surface area contributed by atoms with Gasteiger partial charge in [0.2, 0.25) is 0 Å². The van der Waals surface area contributed by atoms with Crippen molar-refractivity contribution in [1.29, 1.82) is 0 Å². The van der Waals surface area contributed by atoms with E-state index in [0.717, 1.165) is 61.8 Å². The average Bonchev–Trinajstić information content (AvgIpc) is 3.63. The standard InChI is InChI=1S/C39H28N4/c1-27-26-35-34-22-12-13-23-36(34)42(37(35)25-24-28-14-8-9-20-32(28)33-21-11-10-19-31(27)33)43-38(29-15-4-2-5-16-29)40-41-39(43)30-17-6-3-7-18-30/h2-23,25-26H,1,24H2/b35-26-,37-25+. The Hall–Kier alpha value is -5.74. The third-order valence-electron chi connectivity index (χ3n) is 8.25. The van der Waals surface area contributed by atoms with Gasteiger partial charge in [-0.25, -0.2) is 9.35 Å². The molecule has 5 aromatic carbocycles. The van der Waals surface area contributed by atoms with Crippen LogP contribution in [0.25, 0.3) is 62.5 Å². The zero-order chi connectivity index (χ0) is 28.8. The Morgan fingerprint density at radius 1 is 0.535 bits per heavy atom. The van der Waals surface area contributed by atoms with Crippen molar-refractivity contribution in [3.63, 3.8) is 0 Å². The third kappa shape index (κ3) is 4.15. The fourth-order valence-electron chi connectivity index (χ4n) is 6.25. The molecule has 0 atom stereocenters. The number of allylic oxidation sites excluding steroid dienone is 1. The Kier molecular flexibility index (Phi) is 5.97. The Balaban J connectivity index is 1.52. The number of benzene rings is 5. The van der Waals surface area contributed by atoms with E-state index in [2.05, 4.69) is 125 Å². The highest BCUT2D eigenvalue weighted by molar-refractivity contribution is 5.97. The molecule has 0 unspecified atom stereocenters. The molecule has 4 heteroatoms. The molecule has 0 amide bonds. The zero-order valence-corrected chi connectivity index (χ0v) is 23.6. The lowest BCUT2D eigenvalue weighted by Gasteiger charge is -2.16. The molecule has 0 saturated carbocycles. The Bertz CT molecular complexity index is 2210. The highest BCUT2D eigenvalue weighted by atomic mass is 15.5. The van der Waals surface area contributed by atoms with Crippen LogP contribution in [-0.4, -0.2) is 19.5 Å². The van der Waals surface area contributed by atoms with Gasteiger partial charge in [-0.1, -0.05) is 140 Å². The highest BCUT2D eigenvalue weighted by Crippen LogP contribution is 2.33. The van der Waals surface area contributed by atoms with Crippen LogP contribution in [-0.2, 0) is 6.42 Å². The van der Waals surface area contributed by atoms with Gasteiger partial charge in [0.05, 0.1) is 10.9 Å². The number of hydrogen-bond acceptors (Lipinski definition) is 2. The van der Waals surface area contributed by atoms with Crippen molar-refractivity contribution < 1.29 is 0 Å². The van der Waals surface area contributed by atoms with E-state index in [1.165, 1.54) is 16.7 Å². The van der Waals surface area contributed by atoms with Crippen LogP contribution in [0.15, 0.2) is 140 Å². The van der Waals surface area contributed by atoms with E-state index in [0.29, 0.717) is 0 Å². The van der Waals surface area contributed by atoms with Gasteiger partial charge < -0.3 is 0 Å². The minimum atomic E-state index is 0.762. The van der Waals surface area contributed by atoms with Gasteiger partial charge in [0.15, 0.2) is 11.6 Å². The van der Waals surface area contributed by atoms with Crippen molar-refractivity contribution in [2.75, 3.05) is 0 Å². The largest absolute Gasteiger partial charge is 0.245 e. The average molecular weight is 553 g/mol. The SMILES string of the molecule is C=C1/C=c2\c(n(-n3c(-c4ccccc4)nnc3-c3ccccc3)c3ccccc23)=C/Cc2ccccc2-c2ccccc21. The summed E-state index contributed by atoms with van der Waals surface area (Å²) in [6, 6.07) is 46.4. The first kappa shape index (κ1) is 25.0. The lowest BCUT2D eigenvalue weighted by molar-refractivity contribution is 0.677. The van der Waals surface area contributed by atoms with Gasteiger partial charge in [-0.15, -0.1) is 10.2 Å². The fraction of sp³-hybridized carbons (Fsp3) is 0.0256. The first-order chi connectivity index (χ1) is 21.3. The topological polar surface area (TPSA) is 35.6 Å². The molecule has 43 heavy (non-hydrogen) atoms. The predicted octanol–water partition coefficient (Wildman–Crippen LogP) is 7.38. The molecule has 0 spiro atoms. The van der Waals surface area contributed by atoms with Crippen LogP contribution in [0.2, 0.25) is 0 Å². The number of fused-ring (bicyclic) bond motifs is 6. The van der Waals surface area contributed by atoms with Gasteiger partial charge in [-0.05, 0) is 46.4 Å². The van der Waals surface area contributed by atoms with E-state index in [4.69, 9.17) is 10.2 Å². The number of hydrogen-bond donors (Lipinski definition) is 0. The summed E-state index contributed by atoms with van der Waals surface area (Å²) < 4.78 is 4.46. The first-order valence-electron chi connectivity index (χ1n) is 14.5. The number of rotatable bonds is 3. The Morgan fingerprint density at radius 2 is 1.09 bits per heavy atom. The molecule has 4 nitrogen and oxygen atoms in total. The molecule has 1 aliphatic carbocycles. The minimum absolute atomic E-state index is 0.762. The molecule has 0 saturated heterocycles. The molecule has 0 radical (unpaired) electrons. The zero-order valence-electron chi connectivity index (χ0n) is 23.6. The van der Waals surface area contributed by atoms with E-state index >= 15 is 0 Å². The quantitative estimate of drug-likeness (QED) is 0.229. The Morgan fingerprint density at radius 3 is 1.79 bits per heavy atom. The lowest BCUT2D eigenvalue weighted by atomic mass is 9.90. The highest BCUT2D eigenvalue weighted by Gasteiger charge is 2.21. The molecule has 0 aliphatic heterocycles. The van der Waals surface area contributed by atoms with Gasteiger partial charge in [0.1, 0.15) is 0 Å². The summed E-state index contributed by atoms with van der Waals surface area (Å²) in [6.07, 6.45) is 5.35. The van der Waals surface area contributed by atoms with Gasteiger partial charge in [-0.3, -0.25) is 0 Å². The van der Waals surface area contributed by atoms with Crippen LogP contribution in [0.4, 0.5) is 0 Å². The maximum atomic E-state index is 4.78. The van der Waals surface area contributed by atoms with Crippen molar-refractivity contribution in [2.45, 2.75) is 6.42 Å². The van der Waals surface area contributed by atoms with Gasteiger partial charge in [0, 0.05) is 21.7 Å². The molecule has 0 N–H and O–H groups in total. The molecule has 8 rings (SSSR count). The molecule has 0 fully saturated rings. The number of para-hydroxylation sites is 1. The second-order valence-corrected chi connectivity index (χ2v) is 10.8. The van der Waals surface area contributed by atoms with Gasteiger partial charge >= 0.3 is 0 Å². The summed E-state index contributed by atoms with van der Waals surface area (Å²) >= 11 is 0. The summed E-state index contributed by atoms with van der Waals surface area (Å²) in [5.74, 6) is 1.55. The molecule has 0 bridgehead atoms. The smallest absolute Gasteiger partial charge is 0.183 e. The lowest BCUT2D eigenvalue weighted by Crippen LogP contribution is -2.34. The third-order valence-corrected chi connectivity index (χ3v) is 8.25. The van der Waals surface area contributed by atoms with E-state index in [1.807, 2.05) is 36.4 Å². The van der Waals surface area contributed by atoms with Crippen molar-refractivity contribution in [2.24, 2.45) is 0 Å². The van der Waals surface area contributed by atoms with E-state index in [9.17, 15) is 0 Å². The second kappa shape index (κ2) is 10.3. The van der Waals surface area contributed by atoms with E-state index < -0.39 is 0 Å². The fourth-order valence-corrected chi connectivity index (χ4v) is 6.25. The van der Waals surface area contributed by atoms with E-state index in [-0.39, 0.29) is 0 Å². The van der Waals surface area contributed by atoms with Crippen molar-refractivity contribution >= 4 is 28.6 Å². The Labute approximate surface area is 249 Å². The number of nitrogens with zero attached hydrogens (tertiary/aromatic N) is 4. The summed E-state index contributed by atoms with van der Waals surface area (Å²) in [5.41, 5.74) is 8.88. The van der Waals surface area contributed by atoms with Crippen LogP contribution in [0, 0.1) is 0 Å².